The predicted molar refractivity (Wildman–Crippen MR) is 76.2 cm³/mol. The van der Waals surface area contributed by atoms with Crippen LogP contribution in [-0.2, 0) is 6.54 Å². The van der Waals surface area contributed by atoms with E-state index in [1.807, 2.05) is 11.3 Å². The summed E-state index contributed by atoms with van der Waals surface area (Å²) in [7, 11) is 0. The third-order valence-corrected chi connectivity index (χ3v) is 3.68. The summed E-state index contributed by atoms with van der Waals surface area (Å²) in [5.41, 5.74) is 0. The Hall–Kier alpha value is -0.820. The van der Waals surface area contributed by atoms with Gasteiger partial charge >= 0.3 is 0 Å². The first-order valence-electron chi connectivity index (χ1n) is 6.07. The molecule has 17 heavy (non-hydrogen) atoms. The van der Waals surface area contributed by atoms with Gasteiger partial charge in [0.05, 0.1) is 6.54 Å². The van der Waals surface area contributed by atoms with E-state index in [-0.39, 0.29) is 0 Å². The summed E-state index contributed by atoms with van der Waals surface area (Å²) in [6.45, 7) is 9.34. The smallest absolute Gasteiger partial charge is 0.0574 e. The van der Waals surface area contributed by atoms with Crippen LogP contribution in [0.2, 0.25) is 0 Å². The van der Waals surface area contributed by atoms with Crippen LogP contribution in [0.5, 0.6) is 0 Å². The average molecular weight is 250 g/mol. The van der Waals surface area contributed by atoms with Gasteiger partial charge in [-0.1, -0.05) is 12.0 Å². The molecule has 0 saturated carbocycles. The van der Waals surface area contributed by atoms with Crippen molar-refractivity contribution in [3.8, 4) is 12.3 Å². The molecular weight excluding hydrogens is 228 g/mol. The molecule has 2 nitrogen and oxygen atoms in total. The first kappa shape index (κ1) is 14.2. The van der Waals surface area contributed by atoms with Crippen LogP contribution in [0.3, 0.4) is 0 Å². The Morgan fingerprint density at radius 2 is 2.24 bits per heavy atom. The Bertz CT molecular complexity index is 338. The summed E-state index contributed by atoms with van der Waals surface area (Å²) in [5, 5.41) is 5.41. The van der Waals surface area contributed by atoms with Gasteiger partial charge in [-0.15, -0.1) is 17.8 Å². The molecule has 1 unspecified atom stereocenters. The quantitative estimate of drug-likeness (QED) is 0.591. The molecule has 0 aliphatic rings. The van der Waals surface area contributed by atoms with E-state index in [1.165, 1.54) is 4.88 Å². The second-order valence-electron chi connectivity index (χ2n) is 4.53. The van der Waals surface area contributed by atoms with Gasteiger partial charge in [-0.2, -0.15) is 0 Å². The van der Waals surface area contributed by atoms with Crippen LogP contribution in [0.4, 0.5) is 0 Å². The van der Waals surface area contributed by atoms with Crippen molar-refractivity contribution in [3.63, 3.8) is 0 Å². The fourth-order valence-electron chi connectivity index (χ4n) is 1.90. The number of hydrogen-bond acceptors (Lipinski definition) is 3. The first-order valence-corrected chi connectivity index (χ1v) is 6.95. The highest BCUT2D eigenvalue weighted by atomic mass is 32.1. The zero-order valence-electron chi connectivity index (χ0n) is 10.9. The lowest BCUT2D eigenvalue weighted by molar-refractivity contribution is 0.154. The Kier molecular flexibility index (Phi) is 6.28. The standard InChI is InChI=1S/C14H22N2S/c1-5-8-15-10-13(4)16(12(2)3)11-14-7-6-9-17-14/h1,6-7,9,12-13,15H,8,10-11H2,2-4H3. The molecule has 0 saturated heterocycles. The maximum absolute atomic E-state index is 5.24. The molecule has 1 rings (SSSR count). The van der Waals surface area contributed by atoms with Crippen LogP contribution >= 0.6 is 11.3 Å². The lowest BCUT2D eigenvalue weighted by Crippen LogP contribution is -2.43. The van der Waals surface area contributed by atoms with E-state index in [1.54, 1.807) is 0 Å². The predicted octanol–water partition coefficient (Wildman–Crippen LogP) is 2.57. The van der Waals surface area contributed by atoms with E-state index in [0.29, 0.717) is 18.6 Å². The molecule has 0 aliphatic carbocycles. The van der Waals surface area contributed by atoms with E-state index in [2.05, 4.69) is 54.4 Å². The summed E-state index contributed by atoms with van der Waals surface area (Å²) in [4.78, 5) is 3.91. The summed E-state index contributed by atoms with van der Waals surface area (Å²) in [6.07, 6.45) is 5.24. The third-order valence-electron chi connectivity index (χ3n) is 2.81. The van der Waals surface area contributed by atoms with Crippen molar-refractivity contribution in [2.45, 2.75) is 39.4 Å². The van der Waals surface area contributed by atoms with Crippen LogP contribution in [0, 0.1) is 12.3 Å². The SMILES string of the molecule is C#CCNCC(C)N(Cc1cccs1)C(C)C. The second kappa shape index (κ2) is 7.50. The van der Waals surface area contributed by atoms with Crippen molar-refractivity contribution >= 4 is 11.3 Å². The Morgan fingerprint density at radius 3 is 2.76 bits per heavy atom. The Balaban J connectivity index is 2.50. The normalized spacial score (nSPS) is 12.9. The van der Waals surface area contributed by atoms with Crippen molar-refractivity contribution in [2.75, 3.05) is 13.1 Å². The molecular formula is C14H22N2S. The van der Waals surface area contributed by atoms with Gasteiger partial charge in [0, 0.05) is 30.1 Å². The van der Waals surface area contributed by atoms with Crippen LogP contribution in [0.1, 0.15) is 25.6 Å². The number of hydrogen-bond donors (Lipinski definition) is 1. The molecule has 94 valence electrons. The molecule has 1 N–H and O–H groups in total. The molecule has 1 atom stereocenters. The van der Waals surface area contributed by atoms with Gasteiger partial charge in [-0.25, -0.2) is 0 Å². The number of nitrogens with one attached hydrogen (secondary N) is 1. The lowest BCUT2D eigenvalue weighted by atomic mass is 10.2. The fourth-order valence-corrected chi connectivity index (χ4v) is 2.61. The highest BCUT2D eigenvalue weighted by molar-refractivity contribution is 7.09. The summed E-state index contributed by atoms with van der Waals surface area (Å²) in [5.74, 6) is 2.61. The largest absolute Gasteiger partial charge is 0.305 e. The zero-order valence-corrected chi connectivity index (χ0v) is 11.8. The third kappa shape index (κ3) is 4.91. The lowest BCUT2D eigenvalue weighted by Gasteiger charge is -2.32. The fraction of sp³-hybridized carbons (Fsp3) is 0.571. The highest BCUT2D eigenvalue weighted by Gasteiger charge is 2.17. The minimum Gasteiger partial charge on any atom is -0.305 e. The van der Waals surface area contributed by atoms with Gasteiger partial charge in [0.25, 0.3) is 0 Å². The zero-order chi connectivity index (χ0) is 12.7. The summed E-state index contributed by atoms with van der Waals surface area (Å²) < 4.78 is 0. The summed E-state index contributed by atoms with van der Waals surface area (Å²) in [6, 6.07) is 5.34. The van der Waals surface area contributed by atoms with E-state index in [9.17, 15) is 0 Å². The molecule has 0 radical (unpaired) electrons. The van der Waals surface area contributed by atoms with Crippen LogP contribution < -0.4 is 5.32 Å². The minimum absolute atomic E-state index is 0.491. The number of terminal acetylenes is 1. The van der Waals surface area contributed by atoms with Gasteiger partial charge in [0.15, 0.2) is 0 Å². The van der Waals surface area contributed by atoms with Crippen molar-refractivity contribution in [3.05, 3.63) is 22.4 Å². The molecule has 0 spiro atoms. The maximum atomic E-state index is 5.24. The highest BCUT2D eigenvalue weighted by Crippen LogP contribution is 2.16. The minimum atomic E-state index is 0.491. The Labute approximate surface area is 109 Å². The Morgan fingerprint density at radius 1 is 1.47 bits per heavy atom. The average Bonchev–Trinajstić information content (AvgIpc) is 2.78. The van der Waals surface area contributed by atoms with E-state index >= 15 is 0 Å². The molecule has 0 bridgehead atoms. The number of rotatable bonds is 7. The molecule has 0 aromatic carbocycles. The van der Waals surface area contributed by atoms with Crippen molar-refractivity contribution < 1.29 is 0 Å². The molecule has 1 heterocycles. The van der Waals surface area contributed by atoms with E-state index in [0.717, 1.165) is 13.1 Å². The van der Waals surface area contributed by atoms with Crippen molar-refractivity contribution in [2.24, 2.45) is 0 Å². The van der Waals surface area contributed by atoms with E-state index in [4.69, 9.17) is 6.42 Å². The van der Waals surface area contributed by atoms with Crippen LogP contribution in [0.15, 0.2) is 17.5 Å². The van der Waals surface area contributed by atoms with Crippen molar-refractivity contribution in [1.29, 1.82) is 0 Å². The molecule has 1 aromatic heterocycles. The molecule has 3 heteroatoms. The monoisotopic (exact) mass is 250 g/mol. The topological polar surface area (TPSA) is 15.3 Å². The molecule has 0 aliphatic heterocycles. The molecule has 1 aromatic rings. The van der Waals surface area contributed by atoms with E-state index < -0.39 is 0 Å². The van der Waals surface area contributed by atoms with Gasteiger partial charge in [0.2, 0.25) is 0 Å². The van der Waals surface area contributed by atoms with Gasteiger partial charge < -0.3 is 5.32 Å². The molecule has 0 fully saturated rings. The number of nitrogens with zero attached hydrogens (tertiary/aromatic N) is 1. The van der Waals surface area contributed by atoms with Crippen LogP contribution in [-0.4, -0.2) is 30.1 Å². The van der Waals surface area contributed by atoms with Gasteiger partial charge in [0.1, 0.15) is 0 Å². The second-order valence-corrected chi connectivity index (χ2v) is 5.56. The van der Waals surface area contributed by atoms with Crippen LogP contribution in [0.25, 0.3) is 0 Å². The van der Waals surface area contributed by atoms with Gasteiger partial charge in [-0.05, 0) is 32.2 Å². The summed E-state index contributed by atoms with van der Waals surface area (Å²) >= 11 is 1.82. The van der Waals surface area contributed by atoms with Gasteiger partial charge in [-0.3, -0.25) is 4.90 Å². The van der Waals surface area contributed by atoms with Crippen molar-refractivity contribution in [1.82, 2.24) is 10.2 Å². The maximum Gasteiger partial charge on any atom is 0.0574 e. The molecule has 0 amide bonds. The first-order chi connectivity index (χ1) is 8.15. The number of thiophene rings is 1.